The summed E-state index contributed by atoms with van der Waals surface area (Å²) < 4.78 is 0. The summed E-state index contributed by atoms with van der Waals surface area (Å²) in [7, 11) is -1.95. The van der Waals surface area contributed by atoms with Crippen molar-refractivity contribution in [3.8, 4) is 0 Å². The minimum Gasteiger partial charge on any atom is -0.0622 e. The summed E-state index contributed by atoms with van der Waals surface area (Å²) in [4.78, 5) is 0. The van der Waals surface area contributed by atoms with Crippen LogP contribution in [0.5, 0.6) is 0 Å². The smallest absolute Gasteiger partial charge is 0.0622 e. The van der Waals surface area contributed by atoms with Crippen molar-refractivity contribution in [1.29, 1.82) is 0 Å². The van der Waals surface area contributed by atoms with Crippen LogP contribution in [0, 0.1) is 41.5 Å². The monoisotopic (exact) mass is 437 g/mol. The number of rotatable bonds is 5. The van der Waals surface area contributed by atoms with E-state index in [2.05, 4.69) is 126 Å². The zero-order valence-corrected chi connectivity index (χ0v) is 21.1. The summed E-state index contributed by atoms with van der Waals surface area (Å²) in [5.41, 5.74) is 9.57. The lowest BCUT2D eigenvalue weighted by atomic mass is 10.1. The lowest BCUT2D eigenvalue weighted by Crippen LogP contribution is -2.36. The molecule has 0 N–H and O–H groups in total. The first-order valence-electron chi connectivity index (χ1n) is 11.5. The van der Waals surface area contributed by atoms with Gasteiger partial charge in [-0.3, -0.25) is 0 Å². The fraction of sp³-hybridized carbons (Fsp3) is 0.226. The van der Waals surface area contributed by atoms with E-state index in [4.69, 9.17) is 0 Å². The lowest BCUT2D eigenvalue weighted by molar-refractivity contribution is 1.35. The second kappa shape index (κ2) is 9.05. The number of aryl methyl sites for hydroxylation is 6. The van der Waals surface area contributed by atoms with Gasteiger partial charge in [0.1, 0.15) is 23.2 Å². The summed E-state index contributed by atoms with van der Waals surface area (Å²) >= 11 is 0. The van der Waals surface area contributed by atoms with Crippen molar-refractivity contribution in [2.75, 3.05) is 0 Å². The Morgan fingerprint density at radius 3 is 1.19 bits per heavy atom. The van der Waals surface area contributed by atoms with Gasteiger partial charge in [-0.2, -0.15) is 0 Å². The van der Waals surface area contributed by atoms with E-state index >= 15 is 0 Å². The normalized spacial score (nSPS) is 11.6. The Bertz CT molecular complexity index is 1130. The average molecular weight is 438 g/mol. The maximum Gasteiger partial charge on any atom is 0.117 e. The first-order valence-corrected chi connectivity index (χ1v) is 13.4. The van der Waals surface area contributed by atoms with Crippen molar-refractivity contribution in [2.45, 2.75) is 47.7 Å². The second-order valence-electron chi connectivity index (χ2n) is 9.32. The van der Waals surface area contributed by atoms with Crippen LogP contribution in [0.15, 0.2) is 84.9 Å². The van der Waals surface area contributed by atoms with Gasteiger partial charge in [-0.05, 0) is 82.0 Å². The van der Waals surface area contributed by atoms with Gasteiger partial charge in [0.05, 0.1) is 6.16 Å². The summed E-state index contributed by atoms with van der Waals surface area (Å²) in [6.07, 6.45) is 1.03. The number of hydrogen-bond donors (Lipinski definition) is 0. The average Bonchev–Trinajstić information content (AvgIpc) is 2.73. The SMILES string of the molecule is Cc1ccc([P+](Cc2ccccc2)(c2ccc(C)cc2C)c2ccc(C)cc2C)c(C)c1. The molecule has 1 heteroatoms. The highest BCUT2D eigenvalue weighted by Crippen LogP contribution is 2.60. The highest BCUT2D eigenvalue weighted by atomic mass is 31.2. The Morgan fingerprint density at radius 2 is 0.844 bits per heavy atom. The fourth-order valence-electron chi connectivity index (χ4n) is 5.20. The van der Waals surface area contributed by atoms with Crippen LogP contribution < -0.4 is 15.9 Å². The van der Waals surface area contributed by atoms with E-state index in [0.717, 1.165) is 6.16 Å². The highest BCUT2D eigenvalue weighted by Gasteiger charge is 2.48. The van der Waals surface area contributed by atoms with Crippen molar-refractivity contribution in [3.05, 3.63) is 124 Å². The molecule has 0 fully saturated rings. The Labute approximate surface area is 194 Å². The third-order valence-electron chi connectivity index (χ3n) is 6.55. The van der Waals surface area contributed by atoms with Crippen LogP contribution >= 0.6 is 7.26 Å². The molecular formula is C31H34P+. The second-order valence-corrected chi connectivity index (χ2v) is 12.7. The largest absolute Gasteiger partial charge is 0.117 e. The quantitative estimate of drug-likeness (QED) is 0.294. The van der Waals surface area contributed by atoms with Gasteiger partial charge in [0.2, 0.25) is 0 Å². The molecule has 162 valence electrons. The van der Waals surface area contributed by atoms with Gasteiger partial charge in [-0.15, -0.1) is 0 Å². The third kappa shape index (κ3) is 4.17. The number of hydrogen-bond acceptors (Lipinski definition) is 0. The maximum atomic E-state index is 2.42. The fourth-order valence-corrected chi connectivity index (χ4v) is 10.2. The van der Waals surface area contributed by atoms with E-state index in [1.54, 1.807) is 0 Å². The predicted octanol–water partition coefficient (Wildman–Crippen LogP) is 7.03. The molecule has 0 saturated heterocycles. The van der Waals surface area contributed by atoms with Gasteiger partial charge in [0, 0.05) is 0 Å². The molecule has 0 radical (unpaired) electrons. The van der Waals surface area contributed by atoms with Gasteiger partial charge < -0.3 is 0 Å². The molecule has 0 heterocycles. The first kappa shape index (κ1) is 22.5. The van der Waals surface area contributed by atoms with Crippen LogP contribution in [0.2, 0.25) is 0 Å². The molecule has 0 spiro atoms. The van der Waals surface area contributed by atoms with Crippen LogP contribution in [0.4, 0.5) is 0 Å². The Balaban J connectivity index is 2.14. The van der Waals surface area contributed by atoms with Gasteiger partial charge in [-0.25, -0.2) is 0 Å². The van der Waals surface area contributed by atoms with Crippen LogP contribution in [0.1, 0.15) is 38.9 Å². The molecule has 4 aromatic rings. The van der Waals surface area contributed by atoms with E-state index < -0.39 is 7.26 Å². The molecule has 4 aromatic carbocycles. The van der Waals surface area contributed by atoms with Crippen molar-refractivity contribution >= 4 is 23.2 Å². The Hall–Kier alpha value is -2.69. The van der Waals surface area contributed by atoms with Gasteiger partial charge >= 0.3 is 0 Å². The van der Waals surface area contributed by atoms with Crippen molar-refractivity contribution in [1.82, 2.24) is 0 Å². The molecule has 0 bridgehead atoms. The van der Waals surface area contributed by atoms with Crippen LogP contribution in [-0.2, 0) is 6.16 Å². The summed E-state index contributed by atoms with van der Waals surface area (Å²) in [5, 5.41) is 4.52. The molecule has 0 aliphatic carbocycles. The molecule has 0 aromatic heterocycles. The van der Waals surface area contributed by atoms with Gasteiger partial charge in [0.15, 0.2) is 0 Å². The topological polar surface area (TPSA) is 0 Å². The standard InChI is InChI=1S/C31H34P/c1-22-12-15-29(25(4)18-22)32(21-28-10-8-7-9-11-28,30-16-13-23(2)19-26(30)5)31-17-14-24(3)20-27(31)6/h7-20H,21H2,1-6H3/q+1. The van der Waals surface area contributed by atoms with Gasteiger partial charge in [0.25, 0.3) is 0 Å². The molecule has 0 aliphatic rings. The zero-order valence-electron chi connectivity index (χ0n) is 20.2. The number of benzene rings is 4. The highest BCUT2D eigenvalue weighted by molar-refractivity contribution is 7.95. The van der Waals surface area contributed by atoms with Crippen molar-refractivity contribution < 1.29 is 0 Å². The van der Waals surface area contributed by atoms with E-state index in [1.807, 2.05) is 0 Å². The van der Waals surface area contributed by atoms with E-state index in [0.29, 0.717) is 0 Å². The Kier molecular flexibility index (Phi) is 6.36. The Morgan fingerprint density at radius 1 is 0.469 bits per heavy atom. The lowest BCUT2D eigenvalue weighted by Gasteiger charge is -2.31. The van der Waals surface area contributed by atoms with E-state index in [-0.39, 0.29) is 0 Å². The van der Waals surface area contributed by atoms with Gasteiger partial charge in [-0.1, -0.05) is 83.4 Å². The maximum absolute atomic E-state index is 2.42. The van der Waals surface area contributed by atoms with Crippen molar-refractivity contribution in [3.63, 3.8) is 0 Å². The molecule has 32 heavy (non-hydrogen) atoms. The van der Waals surface area contributed by atoms with E-state index in [9.17, 15) is 0 Å². The van der Waals surface area contributed by atoms with Crippen LogP contribution in [-0.4, -0.2) is 0 Å². The zero-order chi connectivity index (χ0) is 22.9. The molecule has 0 saturated carbocycles. The molecule has 4 rings (SSSR count). The minimum atomic E-state index is -1.95. The molecule has 0 unspecified atom stereocenters. The van der Waals surface area contributed by atoms with Crippen molar-refractivity contribution in [2.24, 2.45) is 0 Å². The predicted molar refractivity (Wildman–Crippen MR) is 144 cm³/mol. The molecule has 0 nitrogen and oxygen atoms in total. The molecule has 0 atom stereocenters. The molecule has 0 amide bonds. The van der Waals surface area contributed by atoms with E-state index in [1.165, 1.54) is 54.9 Å². The minimum absolute atomic E-state index is 1.03. The summed E-state index contributed by atoms with van der Waals surface area (Å²) in [5.74, 6) is 0. The molecular weight excluding hydrogens is 403 g/mol. The molecule has 0 aliphatic heterocycles. The summed E-state index contributed by atoms with van der Waals surface area (Å²) in [6.45, 7) is 13.5. The third-order valence-corrected chi connectivity index (χ3v) is 11.4. The van der Waals surface area contributed by atoms with Crippen LogP contribution in [0.25, 0.3) is 0 Å². The summed E-state index contributed by atoms with van der Waals surface area (Å²) in [6, 6.07) is 32.3. The van der Waals surface area contributed by atoms with Crippen LogP contribution in [0.3, 0.4) is 0 Å². The first-order chi connectivity index (χ1) is 15.3.